The van der Waals surface area contributed by atoms with E-state index in [1.165, 1.54) is 0 Å². The number of hydrogen-bond donors (Lipinski definition) is 0. The maximum Gasteiger partial charge on any atom is 0.421 e. The Hall–Kier alpha value is -2.06. The summed E-state index contributed by atoms with van der Waals surface area (Å²) < 4.78 is 22.2. The van der Waals surface area contributed by atoms with Crippen LogP contribution in [0.3, 0.4) is 0 Å². The monoisotopic (exact) mass is 332 g/mol. The van der Waals surface area contributed by atoms with Crippen LogP contribution in [0.4, 0.5) is 0 Å². The molecule has 0 spiro atoms. The Morgan fingerprint density at radius 3 is 2.35 bits per heavy atom. The second-order valence-corrected chi connectivity index (χ2v) is 6.31. The Kier molecular flexibility index (Phi) is 5.62. The third-order valence-electron chi connectivity index (χ3n) is 3.81. The summed E-state index contributed by atoms with van der Waals surface area (Å²) in [6, 6.07) is 10.6. The molecule has 2 aromatic rings. The second-order valence-electron chi connectivity index (χ2n) is 5.40. The van der Waals surface area contributed by atoms with E-state index < -0.39 is 14.2 Å². The zero-order valence-corrected chi connectivity index (χ0v) is 14.8. The fraction of sp³-hybridized carbons (Fsp3) is 0.278. The minimum Gasteiger partial charge on any atom is -0.418 e. The van der Waals surface area contributed by atoms with Crippen molar-refractivity contribution in [1.82, 2.24) is 0 Å². The lowest BCUT2D eigenvalue weighted by Crippen LogP contribution is -2.09. The minimum atomic E-state index is -2.95. The molecule has 0 heterocycles. The van der Waals surface area contributed by atoms with Gasteiger partial charge in [-0.15, -0.1) is 0 Å². The number of aryl methyl sites for hydroxylation is 2. The molecule has 0 N–H and O–H groups in total. The van der Waals surface area contributed by atoms with Gasteiger partial charge in [0, 0.05) is 0 Å². The smallest absolute Gasteiger partial charge is 0.418 e. The van der Waals surface area contributed by atoms with Crippen LogP contribution in [0.2, 0.25) is 0 Å². The zero-order chi connectivity index (χ0) is 17.0. The Balaban J connectivity index is 2.19. The summed E-state index contributed by atoms with van der Waals surface area (Å²) in [5.41, 5.74) is 4.43. The molecule has 0 aromatic heterocycles. The van der Waals surface area contributed by atoms with E-state index in [1.54, 1.807) is 24.3 Å². The van der Waals surface area contributed by atoms with E-state index >= 15 is 0 Å². The molecule has 0 saturated carbocycles. The van der Waals surface area contributed by atoms with Crippen molar-refractivity contribution in [3.05, 3.63) is 64.2 Å². The fourth-order valence-corrected chi connectivity index (χ4v) is 3.44. The molecule has 0 aliphatic heterocycles. The minimum absolute atomic E-state index is 0.413. The van der Waals surface area contributed by atoms with Crippen LogP contribution in [0.15, 0.2) is 36.4 Å². The quantitative estimate of drug-likeness (QED) is 0.738. The van der Waals surface area contributed by atoms with Crippen LogP contribution in [0.5, 0.6) is 5.75 Å². The van der Waals surface area contributed by atoms with E-state index in [4.69, 9.17) is 9.05 Å². The van der Waals surface area contributed by atoms with Gasteiger partial charge in [-0.2, -0.15) is 0 Å². The topological polar surface area (TPSA) is 52.6 Å². The van der Waals surface area contributed by atoms with Gasteiger partial charge < -0.3 is 9.05 Å². The van der Waals surface area contributed by atoms with Crippen molar-refractivity contribution >= 4 is 14.2 Å². The predicted octanol–water partition coefficient (Wildman–Crippen LogP) is 4.80. The molecule has 0 radical (unpaired) electrons. The van der Waals surface area contributed by atoms with Crippen molar-refractivity contribution in [3.63, 3.8) is 0 Å². The van der Waals surface area contributed by atoms with Crippen molar-refractivity contribution in [2.24, 2.45) is 0 Å². The van der Waals surface area contributed by atoms with Crippen LogP contribution in [-0.2, 0) is 15.5 Å². The molecule has 0 aliphatic rings. The molecule has 2 rings (SSSR count). The highest BCUT2D eigenvalue weighted by molar-refractivity contribution is 7.34. The van der Waals surface area contributed by atoms with Crippen molar-refractivity contribution in [2.45, 2.75) is 34.1 Å². The lowest BCUT2D eigenvalue weighted by molar-refractivity contribution is 0.0731. The Morgan fingerprint density at radius 1 is 1.09 bits per heavy atom. The maximum atomic E-state index is 12.4. The molecule has 1 unspecified atom stereocenters. The molecule has 0 saturated heterocycles. The first-order valence-electron chi connectivity index (χ1n) is 7.52. The molecule has 0 bridgehead atoms. The van der Waals surface area contributed by atoms with Crippen LogP contribution in [-0.4, -0.2) is 5.97 Å². The van der Waals surface area contributed by atoms with Gasteiger partial charge in [-0.25, -0.2) is 9.36 Å². The van der Waals surface area contributed by atoms with Gasteiger partial charge in [0.2, 0.25) is 0 Å². The summed E-state index contributed by atoms with van der Waals surface area (Å²) >= 11 is 0. The number of rotatable bonds is 5. The van der Waals surface area contributed by atoms with Crippen LogP contribution >= 0.6 is 8.25 Å². The zero-order valence-electron chi connectivity index (χ0n) is 13.8. The van der Waals surface area contributed by atoms with E-state index in [-0.39, 0.29) is 0 Å². The van der Waals surface area contributed by atoms with Crippen molar-refractivity contribution < 1.29 is 18.4 Å². The number of carbonyl (C=O) groups excluding carboxylic acids is 1. The van der Waals surface area contributed by atoms with E-state index in [0.717, 1.165) is 28.7 Å². The van der Waals surface area contributed by atoms with Crippen LogP contribution in [0.1, 0.15) is 39.5 Å². The first kappa shape index (κ1) is 17.3. The second kappa shape index (κ2) is 7.47. The summed E-state index contributed by atoms with van der Waals surface area (Å²) in [5.74, 6) is -0.190. The highest BCUT2D eigenvalue weighted by atomic mass is 31.1. The SMILES string of the molecule is CCc1c(C)cc(C)c(C(=O)O[PH](=O)Oc2ccccc2)c1C. The lowest BCUT2D eigenvalue weighted by Gasteiger charge is -2.15. The van der Waals surface area contributed by atoms with Crippen molar-refractivity contribution in [3.8, 4) is 5.75 Å². The average molecular weight is 332 g/mol. The van der Waals surface area contributed by atoms with Crippen LogP contribution < -0.4 is 4.52 Å². The molecular formula is C18H21O4P. The summed E-state index contributed by atoms with van der Waals surface area (Å²) in [6.45, 7) is 7.81. The molecule has 0 fully saturated rings. The summed E-state index contributed by atoms with van der Waals surface area (Å²) in [4.78, 5) is 12.4. The predicted molar refractivity (Wildman–Crippen MR) is 91.5 cm³/mol. The number of para-hydroxylation sites is 1. The van der Waals surface area contributed by atoms with Gasteiger partial charge in [-0.05, 0) is 61.6 Å². The van der Waals surface area contributed by atoms with Crippen molar-refractivity contribution in [1.29, 1.82) is 0 Å². The Morgan fingerprint density at radius 2 is 1.74 bits per heavy atom. The van der Waals surface area contributed by atoms with E-state index in [2.05, 4.69) is 0 Å². The molecule has 5 heteroatoms. The van der Waals surface area contributed by atoms with Gasteiger partial charge in [-0.1, -0.05) is 31.2 Å². The number of benzene rings is 2. The first-order chi connectivity index (χ1) is 10.9. The molecule has 4 nitrogen and oxygen atoms in total. The molecule has 1 atom stereocenters. The van der Waals surface area contributed by atoms with Crippen LogP contribution in [0.25, 0.3) is 0 Å². The van der Waals surface area contributed by atoms with Gasteiger partial charge in [0.1, 0.15) is 5.75 Å². The standard InChI is InChI=1S/C18H21O4P/c1-5-16-12(2)11-13(3)17(14(16)4)18(19)22-23(20)21-15-9-7-6-8-10-15/h6-11,23H,5H2,1-4H3. The fourth-order valence-electron chi connectivity index (χ4n) is 2.82. The molecule has 122 valence electrons. The molecule has 0 amide bonds. The highest BCUT2D eigenvalue weighted by Gasteiger charge is 2.20. The maximum absolute atomic E-state index is 12.4. The van der Waals surface area contributed by atoms with Crippen LogP contribution in [0, 0.1) is 20.8 Å². The van der Waals surface area contributed by atoms with Gasteiger partial charge >= 0.3 is 14.2 Å². The molecule has 0 aliphatic carbocycles. The highest BCUT2D eigenvalue weighted by Crippen LogP contribution is 2.31. The Bertz CT molecular complexity index is 738. The number of carbonyl (C=O) groups is 1. The third-order valence-corrected chi connectivity index (χ3v) is 4.56. The third kappa shape index (κ3) is 4.02. The van der Waals surface area contributed by atoms with Crippen molar-refractivity contribution in [2.75, 3.05) is 0 Å². The number of hydrogen-bond acceptors (Lipinski definition) is 4. The van der Waals surface area contributed by atoms with E-state index in [1.807, 2.05) is 39.8 Å². The largest absolute Gasteiger partial charge is 0.421 e. The van der Waals surface area contributed by atoms with Gasteiger partial charge in [0.15, 0.2) is 0 Å². The average Bonchev–Trinajstić information content (AvgIpc) is 2.47. The van der Waals surface area contributed by atoms with Gasteiger partial charge in [-0.3, -0.25) is 0 Å². The molecule has 2 aromatic carbocycles. The normalized spacial score (nSPS) is 11.8. The summed E-state index contributed by atoms with van der Waals surface area (Å²) in [7, 11) is -2.95. The first-order valence-corrected chi connectivity index (χ1v) is 8.75. The molecule has 23 heavy (non-hydrogen) atoms. The summed E-state index contributed by atoms with van der Waals surface area (Å²) in [5, 5.41) is 0. The van der Waals surface area contributed by atoms with Gasteiger partial charge in [0.25, 0.3) is 0 Å². The van der Waals surface area contributed by atoms with E-state index in [0.29, 0.717) is 11.3 Å². The molecular weight excluding hydrogens is 311 g/mol. The van der Waals surface area contributed by atoms with Gasteiger partial charge in [0.05, 0.1) is 5.56 Å². The Labute approximate surface area is 137 Å². The van der Waals surface area contributed by atoms with E-state index in [9.17, 15) is 9.36 Å². The summed E-state index contributed by atoms with van der Waals surface area (Å²) in [6.07, 6.45) is 0.827. The lowest BCUT2D eigenvalue weighted by atomic mass is 9.92.